The molecule has 0 saturated carbocycles. The summed E-state index contributed by atoms with van der Waals surface area (Å²) in [6.45, 7) is 0. The molecule has 100 valence electrons. The summed E-state index contributed by atoms with van der Waals surface area (Å²) in [6, 6.07) is 12.4. The SMILES string of the molecule is O=C(C1Cc2ccccc21)C1CCCc2cccnc21. The Labute approximate surface area is 118 Å². The number of pyridine rings is 1. The van der Waals surface area contributed by atoms with Crippen LogP contribution >= 0.6 is 0 Å². The van der Waals surface area contributed by atoms with Gasteiger partial charge in [0.25, 0.3) is 0 Å². The van der Waals surface area contributed by atoms with Gasteiger partial charge >= 0.3 is 0 Å². The Bertz CT molecular complexity index is 677. The van der Waals surface area contributed by atoms with Crippen LogP contribution in [0.5, 0.6) is 0 Å². The number of carbonyl (C=O) groups is 1. The predicted octanol–water partition coefficient (Wildman–Crippen LogP) is 3.41. The number of aryl methyl sites for hydroxylation is 1. The average molecular weight is 263 g/mol. The first-order chi connectivity index (χ1) is 9.84. The zero-order valence-electron chi connectivity index (χ0n) is 11.4. The molecule has 0 radical (unpaired) electrons. The van der Waals surface area contributed by atoms with Crippen molar-refractivity contribution in [2.45, 2.75) is 37.5 Å². The lowest BCUT2D eigenvalue weighted by Crippen LogP contribution is -2.31. The van der Waals surface area contributed by atoms with E-state index in [0.29, 0.717) is 5.78 Å². The van der Waals surface area contributed by atoms with Crippen LogP contribution in [0.15, 0.2) is 42.6 Å². The molecule has 2 heteroatoms. The van der Waals surface area contributed by atoms with Crippen molar-refractivity contribution in [3.8, 4) is 0 Å². The topological polar surface area (TPSA) is 30.0 Å². The standard InChI is InChI=1S/C18H17NO/c20-18(16-11-13-5-1-2-8-14(13)16)15-9-3-6-12-7-4-10-19-17(12)15/h1-2,4-5,7-8,10,15-16H,3,6,9,11H2. The molecule has 0 saturated heterocycles. The van der Waals surface area contributed by atoms with Gasteiger partial charge in [0.1, 0.15) is 5.78 Å². The monoisotopic (exact) mass is 263 g/mol. The molecule has 2 nitrogen and oxygen atoms in total. The maximum Gasteiger partial charge on any atom is 0.149 e. The maximum absolute atomic E-state index is 12.9. The normalized spacial score (nSPS) is 23.4. The third-order valence-corrected chi connectivity index (χ3v) is 4.74. The fourth-order valence-electron chi connectivity index (χ4n) is 3.64. The summed E-state index contributed by atoms with van der Waals surface area (Å²) in [5.74, 6) is 0.491. The van der Waals surface area contributed by atoms with Gasteiger partial charge < -0.3 is 0 Å². The Balaban J connectivity index is 1.66. The van der Waals surface area contributed by atoms with E-state index in [4.69, 9.17) is 0 Å². The number of rotatable bonds is 2. The van der Waals surface area contributed by atoms with E-state index in [9.17, 15) is 4.79 Å². The second-order valence-electron chi connectivity index (χ2n) is 5.85. The number of ketones is 1. The summed E-state index contributed by atoms with van der Waals surface area (Å²) in [5, 5.41) is 0. The van der Waals surface area contributed by atoms with Gasteiger partial charge in [-0.3, -0.25) is 9.78 Å². The second kappa shape index (κ2) is 4.55. The number of Topliss-reactive ketones (excluding diaryl/α,β-unsaturated/α-hetero) is 1. The predicted molar refractivity (Wildman–Crippen MR) is 77.8 cm³/mol. The van der Waals surface area contributed by atoms with E-state index < -0.39 is 0 Å². The van der Waals surface area contributed by atoms with Gasteiger partial charge in [-0.1, -0.05) is 30.3 Å². The number of aromatic nitrogens is 1. The molecular weight excluding hydrogens is 246 g/mol. The lowest BCUT2D eigenvalue weighted by Gasteiger charge is -2.33. The van der Waals surface area contributed by atoms with Crippen LogP contribution in [0, 0.1) is 0 Å². The largest absolute Gasteiger partial charge is 0.298 e. The van der Waals surface area contributed by atoms with E-state index in [2.05, 4.69) is 29.2 Å². The molecule has 2 atom stereocenters. The van der Waals surface area contributed by atoms with Gasteiger partial charge in [0.05, 0.1) is 11.6 Å². The Morgan fingerprint density at radius 1 is 1.05 bits per heavy atom. The number of nitrogens with zero attached hydrogens (tertiary/aromatic N) is 1. The molecule has 1 aromatic heterocycles. The summed E-state index contributed by atoms with van der Waals surface area (Å²) < 4.78 is 0. The van der Waals surface area contributed by atoms with Gasteiger partial charge in [-0.15, -0.1) is 0 Å². The summed E-state index contributed by atoms with van der Waals surface area (Å²) >= 11 is 0. The van der Waals surface area contributed by atoms with Crippen LogP contribution in [0.3, 0.4) is 0 Å². The van der Waals surface area contributed by atoms with E-state index >= 15 is 0 Å². The fourth-order valence-corrected chi connectivity index (χ4v) is 3.64. The van der Waals surface area contributed by atoms with Crippen molar-refractivity contribution in [2.24, 2.45) is 0 Å². The summed E-state index contributed by atoms with van der Waals surface area (Å²) in [4.78, 5) is 17.4. The van der Waals surface area contributed by atoms with Crippen LogP contribution < -0.4 is 0 Å². The molecule has 1 heterocycles. The molecule has 0 fully saturated rings. The molecule has 2 aliphatic carbocycles. The molecule has 0 amide bonds. The molecular formula is C18H17NO. The van der Waals surface area contributed by atoms with Crippen molar-refractivity contribution in [3.05, 3.63) is 65.0 Å². The van der Waals surface area contributed by atoms with Gasteiger partial charge in [0.2, 0.25) is 0 Å². The molecule has 4 rings (SSSR count). The smallest absolute Gasteiger partial charge is 0.149 e. The Morgan fingerprint density at radius 2 is 1.90 bits per heavy atom. The Morgan fingerprint density at radius 3 is 2.80 bits per heavy atom. The molecule has 0 N–H and O–H groups in total. The van der Waals surface area contributed by atoms with E-state index in [1.807, 2.05) is 18.3 Å². The maximum atomic E-state index is 12.9. The zero-order chi connectivity index (χ0) is 13.5. The highest BCUT2D eigenvalue weighted by molar-refractivity contribution is 5.94. The van der Waals surface area contributed by atoms with E-state index in [1.54, 1.807) is 0 Å². The number of hydrogen-bond donors (Lipinski definition) is 0. The molecule has 20 heavy (non-hydrogen) atoms. The van der Waals surface area contributed by atoms with Crippen LogP contribution in [0.2, 0.25) is 0 Å². The average Bonchev–Trinajstić information content (AvgIpc) is 2.48. The molecule has 0 bridgehead atoms. The van der Waals surface area contributed by atoms with Gasteiger partial charge in [-0.2, -0.15) is 0 Å². The first-order valence-electron chi connectivity index (χ1n) is 7.40. The summed E-state index contributed by atoms with van der Waals surface area (Å²) in [5.41, 5.74) is 4.88. The molecule has 0 spiro atoms. The van der Waals surface area contributed by atoms with Gasteiger partial charge in [-0.05, 0) is 48.4 Å². The van der Waals surface area contributed by atoms with Crippen molar-refractivity contribution in [1.82, 2.24) is 4.98 Å². The van der Waals surface area contributed by atoms with E-state index in [-0.39, 0.29) is 11.8 Å². The van der Waals surface area contributed by atoms with E-state index in [1.165, 1.54) is 16.7 Å². The van der Waals surface area contributed by atoms with Gasteiger partial charge in [0, 0.05) is 12.1 Å². The van der Waals surface area contributed by atoms with Crippen molar-refractivity contribution >= 4 is 5.78 Å². The number of hydrogen-bond acceptors (Lipinski definition) is 2. The minimum absolute atomic E-state index is 0.0123. The lowest BCUT2D eigenvalue weighted by atomic mass is 9.69. The zero-order valence-corrected chi connectivity index (χ0v) is 11.4. The van der Waals surface area contributed by atoms with Gasteiger partial charge in [-0.25, -0.2) is 0 Å². The first kappa shape index (κ1) is 11.8. The van der Waals surface area contributed by atoms with Crippen molar-refractivity contribution in [3.63, 3.8) is 0 Å². The summed E-state index contributed by atoms with van der Waals surface area (Å²) in [6.07, 6.45) is 5.85. The highest BCUT2D eigenvalue weighted by atomic mass is 16.1. The molecule has 0 aliphatic heterocycles. The molecule has 1 aromatic carbocycles. The minimum Gasteiger partial charge on any atom is -0.298 e. The van der Waals surface area contributed by atoms with Crippen molar-refractivity contribution in [2.75, 3.05) is 0 Å². The van der Waals surface area contributed by atoms with Crippen LogP contribution in [-0.4, -0.2) is 10.8 Å². The first-order valence-corrected chi connectivity index (χ1v) is 7.40. The quantitative estimate of drug-likeness (QED) is 0.831. The number of benzene rings is 1. The highest BCUT2D eigenvalue weighted by Crippen LogP contribution is 2.41. The second-order valence-corrected chi connectivity index (χ2v) is 5.85. The Kier molecular flexibility index (Phi) is 2.69. The number of carbonyl (C=O) groups excluding carboxylic acids is 1. The fraction of sp³-hybridized carbons (Fsp3) is 0.333. The Hall–Kier alpha value is -1.96. The van der Waals surface area contributed by atoms with Crippen LogP contribution in [0.25, 0.3) is 0 Å². The molecule has 2 aromatic rings. The van der Waals surface area contributed by atoms with Crippen LogP contribution in [-0.2, 0) is 17.6 Å². The summed E-state index contributed by atoms with van der Waals surface area (Å²) in [7, 11) is 0. The number of fused-ring (bicyclic) bond motifs is 2. The molecule has 2 unspecified atom stereocenters. The van der Waals surface area contributed by atoms with Crippen LogP contribution in [0.1, 0.15) is 47.1 Å². The van der Waals surface area contributed by atoms with Gasteiger partial charge in [0.15, 0.2) is 0 Å². The highest BCUT2D eigenvalue weighted by Gasteiger charge is 2.38. The third-order valence-electron chi connectivity index (χ3n) is 4.74. The van der Waals surface area contributed by atoms with Crippen LogP contribution in [0.4, 0.5) is 0 Å². The van der Waals surface area contributed by atoms with Crippen molar-refractivity contribution in [1.29, 1.82) is 0 Å². The third kappa shape index (κ3) is 1.71. The van der Waals surface area contributed by atoms with E-state index in [0.717, 1.165) is 31.4 Å². The lowest BCUT2D eigenvalue weighted by molar-refractivity contribution is -0.122. The minimum atomic E-state index is 0.0123. The van der Waals surface area contributed by atoms with Crippen molar-refractivity contribution < 1.29 is 4.79 Å². The molecule has 2 aliphatic rings.